The van der Waals surface area contributed by atoms with E-state index in [4.69, 9.17) is 25.8 Å². The molecule has 0 saturated carbocycles. The highest BCUT2D eigenvalue weighted by atomic mass is 35.5. The Kier molecular flexibility index (Phi) is 7.04. The number of carbonyl (C=O) groups is 2. The number of urea groups is 1. The first-order chi connectivity index (χ1) is 16.5. The molecule has 2 amide bonds. The van der Waals surface area contributed by atoms with Gasteiger partial charge in [-0.2, -0.15) is 0 Å². The molecule has 34 heavy (non-hydrogen) atoms. The Morgan fingerprint density at radius 2 is 1.68 bits per heavy atom. The number of benzene rings is 3. The molecule has 1 heterocycles. The average molecular weight is 479 g/mol. The molecule has 1 aliphatic heterocycles. The Hall–Kier alpha value is -3.97. The zero-order valence-electron chi connectivity index (χ0n) is 18.6. The van der Waals surface area contributed by atoms with Crippen molar-refractivity contribution >= 4 is 29.3 Å². The number of rotatable bonds is 7. The summed E-state index contributed by atoms with van der Waals surface area (Å²) in [7, 11) is 2.87. The molecule has 1 unspecified atom stereocenters. The minimum atomic E-state index is -0.792. The van der Waals surface area contributed by atoms with Crippen LogP contribution < -0.4 is 20.1 Å². The van der Waals surface area contributed by atoms with E-state index in [1.807, 2.05) is 30.3 Å². The second kappa shape index (κ2) is 10.3. The van der Waals surface area contributed by atoms with Gasteiger partial charge < -0.3 is 24.8 Å². The van der Waals surface area contributed by atoms with Crippen molar-refractivity contribution in [2.75, 3.05) is 14.2 Å². The molecule has 8 heteroatoms. The Morgan fingerprint density at radius 1 is 0.971 bits per heavy atom. The van der Waals surface area contributed by atoms with Gasteiger partial charge in [-0.1, -0.05) is 41.9 Å². The number of hydrogen-bond acceptors (Lipinski definition) is 5. The lowest BCUT2D eigenvalue weighted by molar-refractivity contribution is -0.136. The lowest BCUT2D eigenvalue weighted by Gasteiger charge is -2.30. The number of nitrogens with one attached hydrogen (secondary N) is 2. The van der Waals surface area contributed by atoms with Crippen molar-refractivity contribution in [2.24, 2.45) is 0 Å². The third kappa shape index (κ3) is 5.00. The molecule has 0 bridgehead atoms. The molecule has 0 aromatic heterocycles. The van der Waals surface area contributed by atoms with Gasteiger partial charge in [-0.15, -0.1) is 0 Å². The third-order valence-electron chi connectivity index (χ3n) is 5.39. The highest BCUT2D eigenvalue weighted by Crippen LogP contribution is 2.36. The van der Waals surface area contributed by atoms with Crippen LogP contribution in [0.2, 0.25) is 5.02 Å². The summed E-state index contributed by atoms with van der Waals surface area (Å²) >= 11 is 5.97. The highest BCUT2D eigenvalue weighted by Gasteiger charge is 2.35. The molecule has 7 nitrogen and oxygen atoms in total. The summed E-state index contributed by atoms with van der Waals surface area (Å²) in [4.78, 5) is 25.6. The number of hydrogen-bond donors (Lipinski definition) is 2. The summed E-state index contributed by atoms with van der Waals surface area (Å²) < 4.78 is 16.4. The predicted octanol–water partition coefficient (Wildman–Crippen LogP) is 4.87. The van der Waals surface area contributed by atoms with Crippen LogP contribution in [0.3, 0.4) is 0 Å². The molecule has 1 atom stereocenters. The maximum atomic E-state index is 12.9. The number of amides is 2. The first-order valence-electron chi connectivity index (χ1n) is 10.5. The molecule has 0 fully saturated rings. The van der Waals surface area contributed by atoms with Crippen LogP contribution in [0.5, 0.6) is 11.5 Å². The summed E-state index contributed by atoms with van der Waals surface area (Å²) in [6, 6.07) is 20.4. The Balaban J connectivity index is 1.75. The second-order valence-corrected chi connectivity index (χ2v) is 7.93. The van der Waals surface area contributed by atoms with Crippen LogP contribution in [0.4, 0.5) is 4.79 Å². The standard InChI is InChI=1S/C26H23ClN2O5/c1-32-19-13-9-17(10-14-19)23-22(25(30)33-2)24(29-26(31)28-23)20-5-3-4-6-21(20)34-15-16-7-11-18(27)12-8-16/h3-14,24H,15H2,1-2H3,(H2,28,29,31). The normalized spacial score (nSPS) is 15.3. The van der Waals surface area contributed by atoms with Gasteiger partial charge in [-0.05, 0) is 53.6 Å². The minimum absolute atomic E-state index is 0.259. The van der Waals surface area contributed by atoms with Crippen molar-refractivity contribution in [3.05, 3.63) is 100 Å². The number of carbonyl (C=O) groups excluding carboxylic acids is 2. The SMILES string of the molecule is COC(=O)C1=C(c2ccc(OC)cc2)NC(=O)NC1c1ccccc1OCc1ccc(Cl)cc1. The van der Waals surface area contributed by atoms with E-state index in [1.54, 1.807) is 49.6 Å². The van der Waals surface area contributed by atoms with Crippen molar-refractivity contribution in [1.82, 2.24) is 10.6 Å². The van der Waals surface area contributed by atoms with E-state index >= 15 is 0 Å². The molecular weight excluding hydrogens is 456 g/mol. The Bertz CT molecular complexity index is 1220. The van der Waals surface area contributed by atoms with Crippen LogP contribution in [0.15, 0.2) is 78.4 Å². The van der Waals surface area contributed by atoms with Crippen LogP contribution in [0.25, 0.3) is 5.70 Å². The van der Waals surface area contributed by atoms with Crippen LogP contribution in [-0.2, 0) is 16.1 Å². The molecule has 0 spiro atoms. The first kappa shape index (κ1) is 23.2. The van der Waals surface area contributed by atoms with E-state index in [-0.39, 0.29) is 12.2 Å². The topological polar surface area (TPSA) is 85.9 Å². The second-order valence-electron chi connectivity index (χ2n) is 7.49. The van der Waals surface area contributed by atoms with Crippen LogP contribution >= 0.6 is 11.6 Å². The number of ether oxygens (including phenoxy) is 3. The van der Waals surface area contributed by atoms with Crippen molar-refractivity contribution in [1.29, 1.82) is 0 Å². The van der Waals surface area contributed by atoms with Gasteiger partial charge in [0.15, 0.2) is 0 Å². The summed E-state index contributed by atoms with van der Waals surface area (Å²) in [5, 5.41) is 6.23. The predicted molar refractivity (Wildman–Crippen MR) is 129 cm³/mol. The maximum absolute atomic E-state index is 12.9. The van der Waals surface area contributed by atoms with E-state index in [0.717, 1.165) is 5.56 Å². The van der Waals surface area contributed by atoms with E-state index in [9.17, 15) is 9.59 Å². The lowest BCUT2D eigenvalue weighted by Crippen LogP contribution is -2.45. The molecule has 0 aliphatic carbocycles. The fourth-order valence-corrected chi connectivity index (χ4v) is 3.83. The number of methoxy groups -OCH3 is 2. The molecule has 4 rings (SSSR count). The summed E-state index contributed by atoms with van der Waals surface area (Å²) in [5.74, 6) is 0.609. The molecule has 0 saturated heterocycles. The van der Waals surface area contributed by atoms with E-state index in [0.29, 0.717) is 33.3 Å². The van der Waals surface area contributed by atoms with E-state index < -0.39 is 18.0 Å². The number of para-hydroxylation sites is 1. The van der Waals surface area contributed by atoms with E-state index in [1.165, 1.54) is 7.11 Å². The number of halogens is 1. The molecule has 1 aliphatic rings. The fraction of sp³-hybridized carbons (Fsp3) is 0.154. The van der Waals surface area contributed by atoms with Gasteiger partial charge in [0.1, 0.15) is 18.1 Å². The van der Waals surface area contributed by atoms with Gasteiger partial charge >= 0.3 is 12.0 Å². The Morgan fingerprint density at radius 3 is 2.35 bits per heavy atom. The van der Waals surface area contributed by atoms with E-state index in [2.05, 4.69) is 10.6 Å². The molecular formula is C26H23ClN2O5. The molecule has 3 aromatic rings. The number of esters is 1. The highest BCUT2D eigenvalue weighted by molar-refractivity contribution is 6.30. The zero-order chi connectivity index (χ0) is 24.1. The van der Waals surface area contributed by atoms with Crippen molar-refractivity contribution in [3.63, 3.8) is 0 Å². The van der Waals surface area contributed by atoms with Gasteiger partial charge in [0.2, 0.25) is 0 Å². The van der Waals surface area contributed by atoms with Gasteiger partial charge in [-0.25, -0.2) is 9.59 Å². The molecule has 2 N–H and O–H groups in total. The van der Waals surface area contributed by atoms with Gasteiger partial charge in [0, 0.05) is 10.6 Å². The average Bonchev–Trinajstić information content (AvgIpc) is 2.87. The fourth-order valence-electron chi connectivity index (χ4n) is 3.71. The smallest absolute Gasteiger partial charge is 0.338 e. The first-order valence-corrected chi connectivity index (χ1v) is 10.9. The van der Waals surface area contributed by atoms with Crippen LogP contribution in [-0.4, -0.2) is 26.2 Å². The third-order valence-corrected chi connectivity index (χ3v) is 5.65. The molecule has 3 aromatic carbocycles. The van der Waals surface area contributed by atoms with Crippen LogP contribution in [0.1, 0.15) is 22.7 Å². The lowest BCUT2D eigenvalue weighted by atomic mass is 9.92. The van der Waals surface area contributed by atoms with Gasteiger partial charge in [0.25, 0.3) is 0 Å². The summed E-state index contributed by atoms with van der Waals surface area (Å²) in [6.07, 6.45) is 0. The van der Waals surface area contributed by atoms with Crippen LogP contribution in [0, 0.1) is 0 Å². The summed E-state index contributed by atoms with van der Waals surface area (Å²) in [6.45, 7) is 0.287. The van der Waals surface area contributed by atoms with Crippen molar-refractivity contribution in [3.8, 4) is 11.5 Å². The monoisotopic (exact) mass is 478 g/mol. The Labute approximate surface area is 202 Å². The quantitative estimate of drug-likeness (QED) is 0.473. The summed E-state index contributed by atoms with van der Waals surface area (Å²) in [5.41, 5.74) is 2.81. The van der Waals surface area contributed by atoms with Crippen molar-refractivity contribution in [2.45, 2.75) is 12.6 Å². The largest absolute Gasteiger partial charge is 0.497 e. The molecule has 174 valence electrons. The zero-order valence-corrected chi connectivity index (χ0v) is 19.4. The molecule has 0 radical (unpaired) electrons. The maximum Gasteiger partial charge on any atom is 0.338 e. The van der Waals surface area contributed by atoms with Crippen molar-refractivity contribution < 1.29 is 23.8 Å². The van der Waals surface area contributed by atoms with Gasteiger partial charge in [-0.3, -0.25) is 0 Å². The minimum Gasteiger partial charge on any atom is -0.497 e. The van der Waals surface area contributed by atoms with Gasteiger partial charge in [0.05, 0.1) is 31.5 Å².